The zero-order valence-electron chi connectivity index (χ0n) is 16.2. The van der Waals surface area contributed by atoms with Crippen LogP contribution in [0.15, 0.2) is 29.3 Å². The summed E-state index contributed by atoms with van der Waals surface area (Å²) in [5.74, 6) is 1.99. The minimum absolute atomic E-state index is 0.112. The SMILES string of the molecule is COCCCNC(=NCc1cccc(C(F)(F)F)c1)NCc1nnc(C)n1C. The minimum Gasteiger partial charge on any atom is -0.385 e. The number of guanidine groups is 1. The third-order valence-electron chi connectivity index (χ3n) is 4.09. The van der Waals surface area contributed by atoms with E-state index in [0.717, 1.165) is 30.2 Å². The van der Waals surface area contributed by atoms with E-state index < -0.39 is 11.7 Å². The molecule has 2 rings (SSSR count). The van der Waals surface area contributed by atoms with Gasteiger partial charge >= 0.3 is 6.18 Å². The summed E-state index contributed by atoms with van der Waals surface area (Å²) < 4.78 is 45.5. The lowest BCUT2D eigenvalue weighted by Crippen LogP contribution is -2.38. The number of aliphatic imine (C=N–C) groups is 1. The van der Waals surface area contributed by atoms with E-state index in [-0.39, 0.29) is 6.54 Å². The molecule has 0 bridgehead atoms. The van der Waals surface area contributed by atoms with Crippen LogP contribution >= 0.6 is 0 Å². The van der Waals surface area contributed by atoms with Crippen LogP contribution in [0.2, 0.25) is 0 Å². The first-order valence-electron chi connectivity index (χ1n) is 8.83. The van der Waals surface area contributed by atoms with Crippen molar-refractivity contribution in [2.45, 2.75) is 32.6 Å². The summed E-state index contributed by atoms with van der Waals surface area (Å²) in [5, 5.41) is 14.4. The second-order valence-corrected chi connectivity index (χ2v) is 6.21. The maximum Gasteiger partial charge on any atom is 0.416 e. The number of alkyl halides is 3. The number of benzene rings is 1. The number of nitrogens with one attached hydrogen (secondary N) is 2. The van der Waals surface area contributed by atoms with Gasteiger partial charge in [-0.3, -0.25) is 0 Å². The zero-order chi connectivity index (χ0) is 20.6. The molecule has 154 valence electrons. The molecule has 0 aliphatic rings. The van der Waals surface area contributed by atoms with Crippen LogP contribution in [0.3, 0.4) is 0 Å². The van der Waals surface area contributed by atoms with E-state index in [4.69, 9.17) is 4.74 Å². The van der Waals surface area contributed by atoms with E-state index in [1.54, 1.807) is 13.2 Å². The van der Waals surface area contributed by atoms with E-state index >= 15 is 0 Å². The Bertz CT molecular complexity index is 788. The molecule has 2 aromatic rings. The van der Waals surface area contributed by atoms with Crippen molar-refractivity contribution in [1.29, 1.82) is 0 Å². The number of aromatic nitrogens is 3. The fraction of sp³-hybridized carbons (Fsp3) is 0.500. The Morgan fingerprint density at radius 3 is 2.68 bits per heavy atom. The molecule has 0 fully saturated rings. The number of rotatable bonds is 8. The lowest BCUT2D eigenvalue weighted by atomic mass is 10.1. The molecule has 2 N–H and O–H groups in total. The molecular weight excluding hydrogens is 373 g/mol. The fourth-order valence-electron chi connectivity index (χ4n) is 2.38. The highest BCUT2D eigenvalue weighted by Crippen LogP contribution is 2.29. The van der Waals surface area contributed by atoms with Gasteiger partial charge in [-0.05, 0) is 31.0 Å². The molecule has 1 heterocycles. The highest BCUT2D eigenvalue weighted by molar-refractivity contribution is 5.79. The zero-order valence-corrected chi connectivity index (χ0v) is 16.2. The number of hydrogen-bond donors (Lipinski definition) is 2. The Kier molecular flexibility index (Phi) is 7.80. The highest BCUT2D eigenvalue weighted by atomic mass is 19.4. The molecule has 0 spiro atoms. The van der Waals surface area contributed by atoms with Gasteiger partial charge in [0.05, 0.1) is 18.7 Å². The van der Waals surface area contributed by atoms with Crippen molar-refractivity contribution in [3.05, 3.63) is 47.0 Å². The first-order valence-corrected chi connectivity index (χ1v) is 8.83. The van der Waals surface area contributed by atoms with Crippen molar-refractivity contribution < 1.29 is 17.9 Å². The minimum atomic E-state index is -4.37. The Morgan fingerprint density at radius 1 is 1.25 bits per heavy atom. The monoisotopic (exact) mass is 398 g/mol. The van der Waals surface area contributed by atoms with Crippen LogP contribution < -0.4 is 10.6 Å². The lowest BCUT2D eigenvalue weighted by Gasteiger charge is -2.13. The van der Waals surface area contributed by atoms with Gasteiger partial charge in [0.2, 0.25) is 0 Å². The van der Waals surface area contributed by atoms with E-state index in [0.29, 0.717) is 31.2 Å². The molecule has 0 atom stereocenters. The van der Waals surface area contributed by atoms with Crippen LogP contribution in [-0.4, -0.2) is 41.0 Å². The normalized spacial score (nSPS) is 12.3. The molecule has 1 aromatic carbocycles. The third-order valence-corrected chi connectivity index (χ3v) is 4.09. The van der Waals surface area contributed by atoms with Crippen molar-refractivity contribution >= 4 is 5.96 Å². The average Bonchev–Trinajstić information content (AvgIpc) is 2.98. The lowest BCUT2D eigenvalue weighted by molar-refractivity contribution is -0.137. The van der Waals surface area contributed by atoms with Crippen molar-refractivity contribution in [3.63, 3.8) is 0 Å². The number of hydrogen-bond acceptors (Lipinski definition) is 4. The van der Waals surface area contributed by atoms with Gasteiger partial charge in [0.1, 0.15) is 5.82 Å². The highest BCUT2D eigenvalue weighted by Gasteiger charge is 2.30. The van der Waals surface area contributed by atoms with Crippen LogP contribution in [0.25, 0.3) is 0 Å². The molecule has 10 heteroatoms. The van der Waals surface area contributed by atoms with Gasteiger partial charge in [0, 0.05) is 27.3 Å². The number of nitrogens with zero attached hydrogens (tertiary/aromatic N) is 4. The van der Waals surface area contributed by atoms with Crippen molar-refractivity contribution in [2.75, 3.05) is 20.3 Å². The smallest absolute Gasteiger partial charge is 0.385 e. The number of methoxy groups -OCH3 is 1. The standard InChI is InChI=1S/C18H25F3N6O/c1-13-25-26-16(27(13)2)12-24-17(22-8-5-9-28-3)23-11-14-6-4-7-15(10-14)18(19,20)21/h4,6-7,10H,5,8-9,11-12H2,1-3H3,(H2,22,23,24). The van der Waals surface area contributed by atoms with Crippen molar-refractivity contribution in [3.8, 4) is 0 Å². The molecule has 7 nitrogen and oxygen atoms in total. The first kappa shape index (κ1) is 21.7. The molecule has 28 heavy (non-hydrogen) atoms. The van der Waals surface area contributed by atoms with Crippen molar-refractivity contribution in [1.82, 2.24) is 25.4 Å². The maximum atomic E-state index is 12.9. The van der Waals surface area contributed by atoms with Crippen LogP contribution in [-0.2, 0) is 31.1 Å². The molecule has 1 aromatic heterocycles. The summed E-state index contributed by atoms with van der Waals surface area (Å²) in [6.45, 7) is 3.55. The molecule has 0 radical (unpaired) electrons. The molecule has 0 amide bonds. The summed E-state index contributed by atoms with van der Waals surface area (Å²) in [5.41, 5.74) is -0.209. The average molecular weight is 398 g/mol. The van der Waals surface area contributed by atoms with Gasteiger partial charge in [-0.2, -0.15) is 13.2 Å². The van der Waals surface area contributed by atoms with Gasteiger partial charge in [0.25, 0.3) is 0 Å². The summed E-state index contributed by atoms with van der Waals surface area (Å²) in [4.78, 5) is 4.40. The van der Waals surface area contributed by atoms with Crippen molar-refractivity contribution in [2.24, 2.45) is 12.0 Å². The molecule has 0 saturated heterocycles. The Balaban J connectivity index is 2.05. The van der Waals surface area contributed by atoms with E-state index in [2.05, 4.69) is 25.8 Å². The van der Waals surface area contributed by atoms with Gasteiger partial charge in [-0.15, -0.1) is 10.2 Å². The number of aryl methyl sites for hydroxylation is 1. The van der Waals surface area contributed by atoms with Gasteiger partial charge < -0.3 is 19.9 Å². The predicted molar refractivity (Wildman–Crippen MR) is 99.7 cm³/mol. The van der Waals surface area contributed by atoms with Crippen LogP contribution in [0.4, 0.5) is 13.2 Å². The number of ether oxygens (including phenoxy) is 1. The van der Waals surface area contributed by atoms with E-state index in [1.807, 2.05) is 18.5 Å². The Labute approximate surface area is 162 Å². The molecule has 0 aliphatic carbocycles. The Hall–Kier alpha value is -2.62. The quantitative estimate of drug-likeness (QED) is 0.406. The molecule has 0 unspecified atom stereocenters. The van der Waals surface area contributed by atoms with Crippen LogP contribution in [0.1, 0.15) is 29.2 Å². The second-order valence-electron chi connectivity index (χ2n) is 6.21. The summed E-state index contributed by atoms with van der Waals surface area (Å²) in [7, 11) is 3.48. The summed E-state index contributed by atoms with van der Waals surface area (Å²) >= 11 is 0. The van der Waals surface area contributed by atoms with Crippen LogP contribution in [0, 0.1) is 6.92 Å². The summed E-state index contributed by atoms with van der Waals surface area (Å²) in [6.07, 6.45) is -3.61. The van der Waals surface area contributed by atoms with E-state index in [9.17, 15) is 13.2 Å². The third kappa shape index (κ3) is 6.52. The van der Waals surface area contributed by atoms with Gasteiger partial charge in [-0.25, -0.2) is 4.99 Å². The largest absolute Gasteiger partial charge is 0.416 e. The van der Waals surface area contributed by atoms with Gasteiger partial charge in [-0.1, -0.05) is 12.1 Å². The maximum absolute atomic E-state index is 12.9. The molecule has 0 saturated carbocycles. The second kappa shape index (κ2) is 10.1. The Morgan fingerprint density at radius 2 is 2.04 bits per heavy atom. The number of halogens is 3. The predicted octanol–water partition coefficient (Wildman–Crippen LogP) is 2.41. The van der Waals surface area contributed by atoms with E-state index in [1.165, 1.54) is 6.07 Å². The fourth-order valence-corrected chi connectivity index (χ4v) is 2.38. The molecular formula is C18H25F3N6O. The molecule has 0 aliphatic heterocycles. The summed E-state index contributed by atoms with van der Waals surface area (Å²) in [6, 6.07) is 5.16. The first-order chi connectivity index (χ1) is 13.3. The van der Waals surface area contributed by atoms with Gasteiger partial charge in [0.15, 0.2) is 11.8 Å². The van der Waals surface area contributed by atoms with Crippen LogP contribution in [0.5, 0.6) is 0 Å². The topological polar surface area (TPSA) is 76.4 Å².